The average molecular weight is 310 g/mol. The van der Waals surface area contributed by atoms with Gasteiger partial charge in [-0.25, -0.2) is 4.39 Å². The summed E-state index contributed by atoms with van der Waals surface area (Å²) >= 11 is 0. The van der Waals surface area contributed by atoms with Gasteiger partial charge in [-0.05, 0) is 26.0 Å². The number of hydrogen-bond acceptors (Lipinski definition) is 4. The second-order valence-electron chi connectivity index (χ2n) is 5.90. The van der Waals surface area contributed by atoms with E-state index in [1.54, 1.807) is 40.7 Å². The van der Waals surface area contributed by atoms with Gasteiger partial charge in [-0.2, -0.15) is 0 Å². The molecule has 0 aliphatic heterocycles. The Labute approximate surface area is 130 Å². The average Bonchev–Trinajstić information content (AvgIpc) is 2.44. The van der Waals surface area contributed by atoms with Crippen LogP contribution < -0.4 is 9.47 Å². The Balaban J connectivity index is 3.13. The highest BCUT2D eigenvalue weighted by Crippen LogP contribution is 2.26. The molecule has 0 heterocycles. The highest BCUT2D eigenvalue weighted by Gasteiger charge is 2.35. The number of benzene rings is 1. The van der Waals surface area contributed by atoms with Crippen molar-refractivity contribution in [1.29, 1.82) is 0 Å². The summed E-state index contributed by atoms with van der Waals surface area (Å²) in [5.41, 5.74) is -0.852. The molecular formula is C17H23FO4. The van der Waals surface area contributed by atoms with Crippen molar-refractivity contribution in [3.8, 4) is 11.5 Å². The number of hydrogen-bond donors (Lipinski definition) is 0. The molecule has 122 valence electrons. The molecule has 0 bridgehead atoms. The van der Waals surface area contributed by atoms with Crippen molar-refractivity contribution < 1.29 is 23.5 Å². The first kappa shape index (κ1) is 18.1. The maximum absolute atomic E-state index is 14.2. The van der Waals surface area contributed by atoms with Crippen LogP contribution >= 0.6 is 0 Å². The Morgan fingerprint density at radius 1 is 1.05 bits per heavy atom. The van der Waals surface area contributed by atoms with Crippen molar-refractivity contribution in [2.24, 2.45) is 5.41 Å². The molecule has 0 saturated carbocycles. The van der Waals surface area contributed by atoms with Crippen LogP contribution in [0.4, 0.5) is 4.39 Å². The summed E-state index contributed by atoms with van der Waals surface area (Å²) in [4.78, 5) is 24.2. The van der Waals surface area contributed by atoms with Gasteiger partial charge in [-0.15, -0.1) is 0 Å². The molecule has 0 spiro atoms. The van der Waals surface area contributed by atoms with Gasteiger partial charge in [0, 0.05) is 17.0 Å². The van der Waals surface area contributed by atoms with Crippen LogP contribution in [-0.4, -0.2) is 31.0 Å². The van der Waals surface area contributed by atoms with Gasteiger partial charge in [0.1, 0.15) is 11.5 Å². The molecule has 1 rings (SSSR count). The predicted octanol–water partition coefficient (Wildman–Crippen LogP) is 3.62. The van der Waals surface area contributed by atoms with Crippen LogP contribution in [0.2, 0.25) is 0 Å². The van der Waals surface area contributed by atoms with Gasteiger partial charge in [0.15, 0.2) is 5.78 Å². The second kappa shape index (κ2) is 7.38. The third-order valence-corrected chi connectivity index (χ3v) is 2.99. The monoisotopic (exact) mass is 310 g/mol. The number of carbonyl (C=O) groups is 2. The minimum absolute atomic E-state index is 0.0690. The molecule has 4 nitrogen and oxygen atoms in total. The molecule has 22 heavy (non-hydrogen) atoms. The van der Waals surface area contributed by atoms with Gasteiger partial charge >= 0.3 is 0 Å². The smallest absolute Gasteiger partial charge is 0.221 e. The normalized spacial score (nSPS) is 12.6. The molecule has 1 unspecified atom stereocenters. The third-order valence-electron chi connectivity index (χ3n) is 2.99. The lowest BCUT2D eigenvalue weighted by Gasteiger charge is -2.19. The zero-order valence-electron chi connectivity index (χ0n) is 13.7. The summed E-state index contributed by atoms with van der Waals surface area (Å²) in [6.45, 7) is 9.16. The fraction of sp³-hybridized carbons (Fsp3) is 0.529. The lowest BCUT2D eigenvalue weighted by molar-refractivity contribution is -0.129. The summed E-state index contributed by atoms with van der Waals surface area (Å²) in [7, 11) is 0. The molecule has 1 atom stereocenters. The molecule has 0 radical (unpaired) electrons. The highest BCUT2D eigenvalue weighted by molar-refractivity contribution is 6.14. The fourth-order valence-electron chi connectivity index (χ4n) is 1.86. The first-order chi connectivity index (χ1) is 10.2. The van der Waals surface area contributed by atoms with E-state index < -0.39 is 23.2 Å². The summed E-state index contributed by atoms with van der Waals surface area (Å²) in [6, 6.07) is 4.48. The minimum atomic E-state index is -2.19. The third kappa shape index (κ3) is 4.55. The van der Waals surface area contributed by atoms with Crippen LogP contribution in [0.3, 0.4) is 0 Å². The van der Waals surface area contributed by atoms with E-state index in [4.69, 9.17) is 9.47 Å². The number of carbonyl (C=O) groups excluding carboxylic acids is 2. The van der Waals surface area contributed by atoms with E-state index >= 15 is 0 Å². The first-order valence-corrected chi connectivity index (χ1v) is 7.34. The zero-order valence-corrected chi connectivity index (χ0v) is 13.7. The van der Waals surface area contributed by atoms with E-state index in [9.17, 15) is 14.0 Å². The maximum Gasteiger partial charge on any atom is 0.221 e. The van der Waals surface area contributed by atoms with E-state index in [0.29, 0.717) is 24.7 Å². The van der Waals surface area contributed by atoms with Gasteiger partial charge < -0.3 is 9.47 Å². The number of rotatable bonds is 7. The fourth-order valence-corrected chi connectivity index (χ4v) is 1.86. The van der Waals surface area contributed by atoms with Crippen LogP contribution in [0.5, 0.6) is 11.5 Å². The molecule has 1 aromatic carbocycles. The van der Waals surface area contributed by atoms with Crippen molar-refractivity contribution in [3.05, 3.63) is 23.8 Å². The Kier molecular flexibility index (Phi) is 6.09. The molecule has 0 fully saturated rings. The maximum atomic E-state index is 14.2. The summed E-state index contributed by atoms with van der Waals surface area (Å²) in [5, 5.41) is 0. The molecule has 0 N–H and O–H groups in total. The van der Waals surface area contributed by atoms with Gasteiger partial charge in [0.05, 0.1) is 13.2 Å². The SMILES string of the molecule is CCOc1cc(OCC)cc(C(=O)C(F)C(=O)C(C)(C)C)c1. The predicted molar refractivity (Wildman–Crippen MR) is 82.5 cm³/mol. The number of Topliss-reactive ketones (excluding diaryl/α,β-unsaturated/α-hetero) is 2. The summed E-state index contributed by atoms with van der Waals surface area (Å²) in [5.74, 6) is -0.792. The lowest BCUT2D eigenvalue weighted by atomic mass is 9.86. The van der Waals surface area contributed by atoms with Crippen molar-refractivity contribution in [3.63, 3.8) is 0 Å². The van der Waals surface area contributed by atoms with Crippen LogP contribution in [0, 0.1) is 5.41 Å². The van der Waals surface area contributed by atoms with Crippen LogP contribution in [0.15, 0.2) is 18.2 Å². The molecular weight excluding hydrogens is 287 g/mol. The van der Waals surface area contributed by atoms with E-state index in [1.807, 2.05) is 0 Å². The number of ketones is 2. The van der Waals surface area contributed by atoms with Gasteiger partial charge in [-0.3, -0.25) is 9.59 Å². The molecule has 5 heteroatoms. The topological polar surface area (TPSA) is 52.6 Å². The number of halogens is 1. The van der Waals surface area contributed by atoms with E-state index in [0.717, 1.165) is 0 Å². The lowest BCUT2D eigenvalue weighted by Crippen LogP contribution is -2.35. The summed E-state index contributed by atoms with van der Waals surface area (Å²) in [6.07, 6.45) is -2.19. The standard InChI is InChI=1S/C17H23FO4/c1-6-21-12-8-11(9-13(10-12)22-7-2)15(19)14(18)16(20)17(3,4)5/h8-10,14H,6-7H2,1-5H3. The highest BCUT2D eigenvalue weighted by atomic mass is 19.1. The zero-order chi connectivity index (χ0) is 16.9. The molecule has 1 aromatic rings. The second-order valence-corrected chi connectivity index (χ2v) is 5.90. The Morgan fingerprint density at radius 2 is 1.50 bits per heavy atom. The van der Waals surface area contributed by atoms with Crippen molar-refractivity contribution in [2.75, 3.05) is 13.2 Å². The van der Waals surface area contributed by atoms with Crippen LogP contribution in [-0.2, 0) is 4.79 Å². The first-order valence-electron chi connectivity index (χ1n) is 7.34. The number of ether oxygens (including phenoxy) is 2. The number of alkyl halides is 1. The van der Waals surface area contributed by atoms with Crippen molar-refractivity contribution >= 4 is 11.6 Å². The molecule has 0 amide bonds. The van der Waals surface area contributed by atoms with E-state index in [-0.39, 0.29) is 5.56 Å². The molecule has 0 aliphatic carbocycles. The molecule has 0 aliphatic rings. The largest absolute Gasteiger partial charge is 0.494 e. The Hall–Kier alpha value is -1.91. The molecule has 0 saturated heterocycles. The van der Waals surface area contributed by atoms with E-state index in [1.165, 1.54) is 12.1 Å². The molecule has 0 aromatic heterocycles. The van der Waals surface area contributed by atoms with Gasteiger partial charge in [0.2, 0.25) is 12.0 Å². The Morgan fingerprint density at radius 3 is 1.86 bits per heavy atom. The Bertz CT molecular complexity index is 522. The van der Waals surface area contributed by atoms with Crippen LogP contribution in [0.25, 0.3) is 0 Å². The quantitative estimate of drug-likeness (QED) is 0.570. The van der Waals surface area contributed by atoms with Gasteiger partial charge in [-0.1, -0.05) is 20.8 Å². The van der Waals surface area contributed by atoms with E-state index in [2.05, 4.69) is 0 Å². The summed E-state index contributed by atoms with van der Waals surface area (Å²) < 4.78 is 24.9. The van der Waals surface area contributed by atoms with Gasteiger partial charge in [0.25, 0.3) is 0 Å². The van der Waals surface area contributed by atoms with Crippen LogP contribution in [0.1, 0.15) is 45.0 Å². The minimum Gasteiger partial charge on any atom is -0.494 e. The van der Waals surface area contributed by atoms with Crippen molar-refractivity contribution in [2.45, 2.75) is 40.8 Å². The van der Waals surface area contributed by atoms with Crippen molar-refractivity contribution in [1.82, 2.24) is 0 Å².